The van der Waals surface area contributed by atoms with E-state index in [1.165, 1.54) is 6.92 Å². The van der Waals surface area contributed by atoms with Crippen LogP contribution in [-0.2, 0) is 20.9 Å². The van der Waals surface area contributed by atoms with Crippen molar-refractivity contribution in [1.82, 2.24) is 5.32 Å². The molecule has 2 amide bonds. The molecule has 2 aromatic rings. The Morgan fingerprint density at radius 2 is 1.65 bits per heavy atom. The van der Waals surface area contributed by atoms with Crippen molar-refractivity contribution in [3.05, 3.63) is 65.7 Å². The second kappa shape index (κ2) is 9.22. The first-order valence-electron chi connectivity index (χ1n) is 7.86. The molecule has 0 aliphatic heterocycles. The van der Waals surface area contributed by atoms with Crippen LogP contribution >= 0.6 is 0 Å². The highest BCUT2D eigenvalue weighted by atomic mass is 16.6. The van der Waals surface area contributed by atoms with Crippen LogP contribution in [0.25, 0.3) is 0 Å². The Balaban J connectivity index is 1.87. The lowest BCUT2D eigenvalue weighted by Crippen LogP contribution is -2.39. The summed E-state index contributed by atoms with van der Waals surface area (Å²) in [5.41, 5.74) is 1.16. The first-order chi connectivity index (χ1) is 12.5. The molecule has 1 atom stereocenters. The smallest absolute Gasteiger partial charge is 0.413 e. The lowest BCUT2D eigenvalue weighted by molar-refractivity contribution is -0.128. The van der Waals surface area contributed by atoms with Gasteiger partial charge in [0.1, 0.15) is 12.4 Å². The van der Waals surface area contributed by atoms with Gasteiger partial charge < -0.3 is 14.2 Å². The van der Waals surface area contributed by atoms with Crippen LogP contribution in [0.2, 0.25) is 0 Å². The summed E-state index contributed by atoms with van der Waals surface area (Å²) in [5, 5.41) is 1.93. The minimum Gasteiger partial charge on any atom is -0.489 e. The molecule has 7 heteroatoms. The first-order valence-corrected chi connectivity index (χ1v) is 7.86. The van der Waals surface area contributed by atoms with E-state index >= 15 is 0 Å². The van der Waals surface area contributed by atoms with Crippen molar-refractivity contribution < 1.29 is 28.6 Å². The molecule has 2 rings (SSSR count). The molecule has 1 N–H and O–H groups in total. The molecule has 0 saturated carbocycles. The van der Waals surface area contributed by atoms with Crippen LogP contribution in [0.4, 0.5) is 4.79 Å². The van der Waals surface area contributed by atoms with Gasteiger partial charge in [0.15, 0.2) is 6.10 Å². The minimum atomic E-state index is -1.14. The maximum Gasteiger partial charge on any atom is 0.413 e. The molecule has 136 valence electrons. The molecule has 7 nitrogen and oxygen atoms in total. The van der Waals surface area contributed by atoms with Gasteiger partial charge in [-0.15, -0.1) is 0 Å². The molecule has 0 aliphatic rings. The fourth-order valence-corrected chi connectivity index (χ4v) is 1.96. The van der Waals surface area contributed by atoms with Crippen LogP contribution in [0.1, 0.15) is 22.8 Å². The number of hydrogen-bond donors (Lipinski definition) is 1. The maximum atomic E-state index is 12.1. The average Bonchev–Trinajstić information content (AvgIpc) is 2.67. The van der Waals surface area contributed by atoms with E-state index in [-0.39, 0.29) is 5.56 Å². The number of rotatable bonds is 6. The SMILES string of the molecule is COC(=O)NC(=O)[C@@H](C)OC(=O)c1ccc(COc2ccccc2)cc1. The number of alkyl carbamates (subject to hydrolysis) is 1. The zero-order valence-corrected chi connectivity index (χ0v) is 14.4. The molecular formula is C19H19NO6. The van der Waals surface area contributed by atoms with E-state index in [1.807, 2.05) is 35.6 Å². The zero-order chi connectivity index (χ0) is 18.9. The molecule has 0 saturated heterocycles. The molecule has 0 heterocycles. The number of esters is 1. The third kappa shape index (κ3) is 5.62. The number of carbonyl (C=O) groups excluding carboxylic acids is 3. The van der Waals surface area contributed by atoms with Crippen molar-refractivity contribution in [2.75, 3.05) is 7.11 Å². The van der Waals surface area contributed by atoms with Crippen LogP contribution in [-0.4, -0.2) is 31.2 Å². The van der Waals surface area contributed by atoms with Gasteiger partial charge in [0.2, 0.25) is 0 Å². The minimum absolute atomic E-state index is 0.283. The molecule has 0 spiro atoms. The molecule has 26 heavy (non-hydrogen) atoms. The molecule has 0 aromatic heterocycles. The number of imide groups is 1. The van der Waals surface area contributed by atoms with Crippen molar-refractivity contribution in [1.29, 1.82) is 0 Å². The largest absolute Gasteiger partial charge is 0.489 e. The van der Waals surface area contributed by atoms with E-state index in [2.05, 4.69) is 4.74 Å². The highest BCUT2D eigenvalue weighted by Crippen LogP contribution is 2.13. The number of nitrogens with one attached hydrogen (secondary N) is 1. The first kappa shape index (κ1) is 19.0. The maximum absolute atomic E-state index is 12.1. The molecule has 0 radical (unpaired) electrons. The van der Waals surface area contributed by atoms with Crippen LogP contribution in [0.15, 0.2) is 54.6 Å². The van der Waals surface area contributed by atoms with Gasteiger partial charge in [-0.05, 0) is 36.8 Å². The number of para-hydroxylation sites is 1. The summed E-state index contributed by atoms with van der Waals surface area (Å²) in [4.78, 5) is 34.7. The van der Waals surface area contributed by atoms with Crippen LogP contribution in [0, 0.1) is 0 Å². The van der Waals surface area contributed by atoms with E-state index in [9.17, 15) is 14.4 Å². The number of carbonyl (C=O) groups is 3. The molecule has 2 aromatic carbocycles. The van der Waals surface area contributed by atoms with E-state index in [4.69, 9.17) is 9.47 Å². The van der Waals surface area contributed by atoms with Gasteiger partial charge in [-0.1, -0.05) is 30.3 Å². The fraction of sp³-hybridized carbons (Fsp3) is 0.211. The second-order valence-corrected chi connectivity index (χ2v) is 5.33. The number of methoxy groups -OCH3 is 1. The number of amides is 2. The molecule has 0 aliphatic carbocycles. The topological polar surface area (TPSA) is 90.9 Å². The second-order valence-electron chi connectivity index (χ2n) is 5.33. The summed E-state index contributed by atoms with van der Waals surface area (Å²) in [5.74, 6) is -0.687. The third-order valence-corrected chi connectivity index (χ3v) is 3.40. The van der Waals surface area contributed by atoms with Crippen LogP contribution in [0.3, 0.4) is 0 Å². The van der Waals surface area contributed by atoms with Gasteiger partial charge >= 0.3 is 12.1 Å². The van der Waals surface area contributed by atoms with Crippen molar-refractivity contribution in [2.45, 2.75) is 19.6 Å². The van der Waals surface area contributed by atoms with Gasteiger partial charge in [-0.3, -0.25) is 10.1 Å². The predicted molar refractivity (Wildman–Crippen MR) is 92.6 cm³/mol. The lowest BCUT2D eigenvalue weighted by atomic mass is 10.1. The number of ether oxygens (including phenoxy) is 3. The summed E-state index contributed by atoms with van der Waals surface area (Å²) < 4.78 is 15.0. The van der Waals surface area contributed by atoms with E-state index < -0.39 is 24.1 Å². The van der Waals surface area contributed by atoms with Crippen molar-refractivity contribution in [3.8, 4) is 5.75 Å². The van der Waals surface area contributed by atoms with Gasteiger partial charge in [0.05, 0.1) is 12.7 Å². The van der Waals surface area contributed by atoms with Crippen molar-refractivity contribution >= 4 is 18.0 Å². The number of benzene rings is 2. The Labute approximate surface area is 150 Å². The van der Waals surface area contributed by atoms with Crippen molar-refractivity contribution in [3.63, 3.8) is 0 Å². The monoisotopic (exact) mass is 357 g/mol. The summed E-state index contributed by atoms with van der Waals surface area (Å²) >= 11 is 0. The predicted octanol–water partition coefficient (Wildman–Crippen LogP) is 2.69. The van der Waals surface area contributed by atoms with Crippen LogP contribution < -0.4 is 10.1 Å². The normalized spacial score (nSPS) is 11.2. The van der Waals surface area contributed by atoms with Gasteiger partial charge in [0.25, 0.3) is 5.91 Å². The van der Waals surface area contributed by atoms with Crippen molar-refractivity contribution in [2.24, 2.45) is 0 Å². The lowest BCUT2D eigenvalue weighted by Gasteiger charge is -2.12. The quantitative estimate of drug-likeness (QED) is 0.800. The molecule has 0 bridgehead atoms. The van der Waals surface area contributed by atoms with E-state index in [0.717, 1.165) is 18.4 Å². The third-order valence-electron chi connectivity index (χ3n) is 3.40. The standard InChI is InChI=1S/C19H19NO6/c1-13(17(21)20-19(23)24-2)26-18(22)15-10-8-14(9-11-15)12-25-16-6-4-3-5-7-16/h3-11,13H,12H2,1-2H3,(H,20,21,23)/t13-/m1/s1. The summed E-state index contributed by atoms with van der Waals surface area (Å²) in [6.07, 6.45) is -2.05. The zero-order valence-electron chi connectivity index (χ0n) is 14.4. The molecular weight excluding hydrogens is 338 g/mol. The highest BCUT2D eigenvalue weighted by Gasteiger charge is 2.21. The Morgan fingerprint density at radius 1 is 1.00 bits per heavy atom. The summed E-state index contributed by atoms with van der Waals surface area (Å²) in [6.45, 7) is 1.72. The molecule has 0 fully saturated rings. The van der Waals surface area contributed by atoms with Gasteiger partial charge in [0, 0.05) is 0 Å². The highest BCUT2D eigenvalue weighted by molar-refractivity contribution is 5.97. The summed E-state index contributed by atoms with van der Waals surface area (Å²) in [6, 6.07) is 16.0. The average molecular weight is 357 g/mol. The van der Waals surface area contributed by atoms with Gasteiger partial charge in [-0.25, -0.2) is 9.59 Å². The Kier molecular flexibility index (Phi) is 6.73. The Hall–Kier alpha value is -3.35. The van der Waals surface area contributed by atoms with Gasteiger partial charge in [-0.2, -0.15) is 0 Å². The molecule has 0 unspecified atom stereocenters. The Morgan fingerprint density at radius 3 is 2.27 bits per heavy atom. The van der Waals surface area contributed by atoms with E-state index in [1.54, 1.807) is 24.3 Å². The van der Waals surface area contributed by atoms with E-state index in [0.29, 0.717) is 6.61 Å². The number of hydrogen-bond acceptors (Lipinski definition) is 6. The Bertz CT molecular complexity index is 757. The summed E-state index contributed by atoms with van der Waals surface area (Å²) in [7, 11) is 1.13. The van der Waals surface area contributed by atoms with Crippen LogP contribution in [0.5, 0.6) is 5.75 Å². The fourth-order valence-electron chi connectivity index (χ4n) is 1.96.